The fourth-order valence-corrected chi connectivity index (χ4v) is 3.15. The average molecular weight is 284 g/mol. The van der Waals surface area contributed by atoms with Gasteiger partial charge < -0.3 is 10.5 Å². The third kappa shape index (κ3) is 3.36. The van der Waals surface area contributed by atoms with Crippen LogP contribution in [0, 0.1) is 0 Å². The fourth-order valence-electron chi connectivity index (χ4n) is 3.15. The number of rotatable bonds is 4. The number of piperidine rings is 1. The lowest BCUT2D eigenvalue weighted by atomic mass is 10.0. The Bertz CT molecular complexity index is 603. The molecule has 2 aromatic carbocycles. The molecule has 1 aliphatic heterocycles. The zero-order chi connectivity index (χ0) is 14.7. The molecule has 0 unspecified atom stereocenters. The number of nitrogens with zero attached hydrogens (tertiary/aromatic N) is 1. The lowest BCUT2D eigenvalue weighted by molar-refractivity contribution is 0.0126. The van der Waals surface area contributed by atoms with Crippen molar-refractivity contribution in [2.75, 3.05) is 25.4 Å². The van der Waals surface area contributed by atoms with Gasteiger partial charge >= 0.3 is 0 Å². The molecule has 3 heteroatoms. The summed E-state index contributed by atoms with van der Waals surface area (Å²) in [5.74, 6) is 0. The van der Waals surface area contributed by atoms with E-state index in [4.69, 9.17) is 10.5 Å². The molecule has 21 heavy (non-hydrogen) atoms. The second-order valence-electron chi connectivity index (χ2n) is 5.83. The first kappa shape index (κ1) is 14.4. The quantitative estimate of drug-likeness (QED) is 0.874. The topological polar surface area (TPSA) is 38.5 Å². The highest BCUT2D eigenvalue weighted by Crippen LogP contribution is 2.24. The molecule has 0 spiro atoms. The maximum Gasteiger partial charge on any atom is 0.0599 e. The highest BCUT2D eigenvalue weighted by molar-refractivity contribution is 5.86. The van der Waals surface area contributed by atoms with Crippen LogP contribution in [-0.4, -0.2) is 30.7 Å². The number of benzene rings is 2. The first-order valence-corrected chi connectivity index (χ1v) is 7.87. The summed E-state index contributed by atoms with van der Waals surface area (Å²) in [5, 5.41) is 2.49. The van der Waals surface area contributed by atoms with E-state index in [1.165, 1.54) is 16.3 Å². The number of nitrogens with two attached hydrogens (primary N) is 1. The first-order valence-electron chi connectivity index (χ1n) is 7.87. The number of fused-ring (bicyclic) bond motifs is 1. The van der Waals surface area contributed by atoms with Crippen molar-refractivity contribution in [2.24, 2.45) is 0 Å². The molecule has 1 heterocycles. The molecule has 3 nitrogen and oxygen atoms in total. The Hall–Kier alpha value is -1.58. The number of ether oxygens (including phenoxy) is 1. The average Bonchev–Trinajstić information content (AvgIpc) is 2.50. The van der Waals surface area contributed by atoms with Crippen molar-refractivity contribution in [3.8, 4) is 0 Å². The van der Waals surface area contributed by atoms with E-state index in [1.54, 1.807) is 0 Å². The molecule has 0 atom stereocenters. The molecule has 0 saturated carbocycles. The van der Waals surface area contributed by atoms with Gasteiger partial charge in [-0.25, -0.2) is 0 Å². The number of anilines is 1. The van der Waals surface area contributed by atoms with Crippen LogP contribution in [0.2, 0.25) is 0 Å². The predicted molar refractivity (Wildman–Crippen MR) is 88.3 cm³/mol. The Balaban J connectivity index is 1.69. The normalized spacial score (nSPS) is 17.4. The number of likely N-dealkylation sites (tertiary alicyclic amines) is 1. The third-order valence-electron chi connectivity index (χ3n) is 4.34. The zero-order valence-corrected chi connectivity index (χ0v) is 12.7. The molecule has 0 amide bonds. The van der Waals surface area contributed by atoms with E-state index >= 15 is 0 Å². The standard InChI is InChI=1S/C18H24N2O/c1-2-21-17-7-9-20(10-8-17)13-16-11-14-5-3-4-6-15(14)12-18(16)19/h3-6,11-12,17H,2,7-10,13,19H2,1H3. The maximum atomic E-state index is 6.23. The van der Waals surface area contributed by atoms with Crippen molar-refractivity contribution in [2.45, 2.75) is 32.4 Å². The summed E-state index contributed by atoms with van der Waals surface area (Å²) in [7, 11) is 0. The van der Waals surface area contributed by atoms with Gasteiger partial charge in [-0.05, 0) is 48.2 Å². The van der Waals surface area contributed by atoms with E-state index in [-0.39, 0.29) is 0 Å². The molecule has 1 fully saturated rings. The van der Waals surface area contributed by atoms with Gasteiger partial charge in [0, 0.05) is 31.9 Å². The molecular weight excluding hydrogens is 260 g/mol. The minimum absolute atomic E-state index is 0.445. The van der Waals surface area contributed by atoms with Crippen molar-refractivity contribution >= 4 is 16.5 Å². The fraction of sp³-hybridized carbons (Fsp3) is 0.444. The Kier molecular flexibility index (Phi) is 4.42. The molecule has 2 aromatic rings. The molecule has 112 valence electrons. The molecular formula is C18H24N2O. The van der Waals surface area contributed by atoms with Crippen molar-refractivity contribution < 1.29 is 4.74 Å². The number of nitrogen functional groups attached to an aromatic ring is 1. The van der Waals surface area contributed by atoms with Crippen LogP contribution in [0.25, 0.3) is 10.8 Å². The summed E-state index contributed by atoms with van der Waals surface area (Å²) >= 11 is 0. The van der Waals surface area contributed by atoms with E-state index in [1.807, 2.05) is 0 Å². The van der Waals surface area contributed by atoms with Crippen LogP contribution in [0.1, 0.15) is 25.3 Å². The largest absolute Gasteiger partial charge is 0.398 e. The predicted octanol–water partition coefficient (Wildman–Crippen LogP) is 3.42. The SMILES string of the molecule is CCOC1CCN(Cc2cc3ccccc3cc2N)CC1. The summed E-state index contributed by atoms with van der Waals surface area (Å²) in [6.45, 7) is 6.02. The maximum absolute atomic E-state index is 6.23. The van der Waals surface area contributed by atoms with Gasteiger partial charge in [0.25, 0.3) is 0 Å². The summed E-state index contributed by atoms with van der Waals surface area (Å²) in [5.41, 5.74) is 8.37. The van der Waals surface area contributed by atoms with Gasteiger partial charge in [0.05, 0.1) is 6.10 Å². The highest BCUT2D eigenvalue weighted by atomic mass is 16.5. The second-order valence-corrected chi connectivity index (χ2v) is 5.83. The summed E-state index contributed by atoms with van der Waals surface area (Å²) in [6, 6.07) is 12.7. The van der Waals surface area contributed by atoms with Crippen molar-refractivity contribution in [3.05, 3.63) is 42.0 Å². The van der Waals surface area contributed by atoms with E-state index in [2.05, 4.69) is 48.2 Å². The van der Waals surface area contributed by atoms with Crippen LogP contribution >= 0.6 is 0 Å². The van der Waals surface area contributed by atoms with E-state index in [9.17, 15) is 0 Å². The van der Waals surface area contributed by atoms with Crippen molar-refractivity contribution in [1.29, 1.82) is 0 Å². The van der Waals surface area contributed by atoms with Crippen LogP contribution in [0.4, 0.5) is 5.69 Å². The Morgan fingerprint density at radius 1 is 1.14 bits per heavy atom. The lowest BCUT2D eigenvalue weighted by Gasteiger charge is -2.32. The Labute approximate surface area is 126 Å². The first-order chi connectivity index (χ1) is 10.3. The molecule has 1 saturated heterocycles. The van der Waals surface area contributed by atoms with Crippen LogP contribution in [0.15, 0.2) is 36.4 Å². The van der Waals surface area contributed by atoms with Gasteiger partial charge in [0.1, 0.15) is 0 Å². The zero-order valence-electron chi connectivity index (χ0n) is 12.7. The highest BCUT2D eigenvalue weighted by Gasteiger charge is 2.19. The van der Waals surface area contributed by atoms with Gasteiger partial charge in [-0.3, -0.25) is 4.90 Å². The number of hydrogen-bond acceptors (Lipinski definition) is 3. The monoisotopic (exact) mass is 284 g/mol. The molecule has 2 N–H and O–H groups in total. The summed E-state index contributed by atoms with van der Waals surface area (Å²) < 4.78 is 5.71. The molecule has 0 radical (unpaired) electrons. The van der Waals surface area contributed by atoms with E-state index in [0.717, 1.165) is 44.8 Å². The van der Waals surface area contributed by atoms with Gasteiger partial charge in [0.15, 0.2) is 0 Å². The Morgan fingerprint density at radius 3 is 2.48 bits per heavy atom. The number of hydrogen-bond donors (Lipinski definition) is 1. The second kappa shape index (κ2) is 6.46. The lowest BCUT2D eigenvalue weighted by Crippen LogP contribution is -2.36. The Morgan fingerprint density at radius 2 is 1.81 bits per heavy atom. The minimum Gasteiger partial charge on any atom is -0.398 e. The van der Waals surface area contributed by atoms with Gasteiger partial charge in [0.2, 0.25) is 0 Å². The van der Waals surface area contributed by atoms with Crippen LogP contribution in [0.5, 0.6) is 0 Å². The molecule has 3 rings (SSSR count). The summed E-state index contributed by atoms with van der Waals surface area (Å²) in [6.07, 6.45) is 2.70. The van der Waals surface area contributed by atoms with Gasteiger partial charge in [-0.15, -0.1) is 0 Å². The van der Waals surface area contributed by atoms with Crippen LogP contribution in [0.3, 0.4) is 0 Å². The van der Waals surface area contributed by atoms with E-state index < -0.39 is 0 Å². The van der Waals surface area contributed by atoms with Crippen molar-refractivity contribution in [1.82, 2.24) is 4.90 Å². The van der Waals surface area contributed by atoms with Gasteiger partial charge in [-0.2, -0.15) is 0 Å². The van der Waals surface area contributed by atoms with Gasteiger partial charge in [-0.1, -0.05) is 24.3 Å². The van der Waals surface area contributed by atoms with E-state index in [0.29, 0.717) is 6.10 Å². The molecule has 1 aliphatic rings. The summed E-state index contributed by atoms with van der Waals surface area (Å²) in [4.78, 5) is 2.48. The van der Waals surface area contributed by atoms with Crippen LogP contribution in [-0.2, 0) is 11.3 Å². The third-order valence-corrected chi connectivity index (χ3v) is 4.34. The minimum atomic E-state index is 0.445. The van der Waals surface area contributed by atoms with Crippen molar-refractivity contribution in [3.63, 3.8) is 0 Å². The molecule has 0 aromatic heterocycles. The van der Waals surface area contributed by atoms with Crippen LogP contribution < -0.4 is 5.73 Å². The smallest absolute Gasteiger partial charge is 0.0599 e. The molecule has 0 bridgehead atoms. The molecule has 0 aliphatic carbocycles.